The van der Waals surface area contributed by atoms with Gasteiger partial charge in [0.2, 0.25) is 0 Å². The lowest BCUT2D eigenvalue weighted by atomic mass is 9.49. The molecule has 0 radical (unpaired) electrons. The summed E-state index contributed by atoms with van der Waals surface area (Å²) in [4.78, 5) is 15.4. The van der Waals surface area contributed by atoms with E-state index >= 15 is 0 Å². The molecule has 1 saturated carbocycles. The van der Waals surface area contributed by atoms with Gasteiger partial charge in [-0.25, -0.2) is 0 Å². The predicted molar refractivity (Wildman–Crippen MR) is 131 cm³/mol. The summed E-state index contributed by atoms with van der Waals surface area (Å²) in [6, 6.07) is 13.4. The maximum Gasteiger partial charge on any atom is 0.253 e. The van der Waals surface area contributed by atoms with Gasteiger partial charge >= 0.3 is 0 Å². The lowest BCUT2D eigenvalue weighted by Gasteiger charge is -2.65. The van der Waals surface area contributed by atoms with Crippen molar-refractivity contribution in [2.45, 2.75) is 52.7 Å². The molecule has 0 aromatic heterocycles. The number of halogens is 1. The van der Waals surface area contributed by atoms with Crippen LogP contribution in [0.1, 0.15) is 54.7 Å². The van der Waals surface area contributed by atoms with Crippen LogP contribution in [0.5, 0.6) is 5.75 Å². The molecule has 1 heterocycles. The van der Waals surface area contributed by atoms with E-state index in [9.17, 15) is 4.79 Å². The van der Waals surface area contributed by atoms with E-state index in [0.29, 0.717) is 16.3 Å². The van der Waals surface area contributed by atoms with E-state index < -0.39 is 0 Å². The van der Waals surface area contributed by atoms with Crippen molar-refractivity contribution in [3.8, 4) is 11.8 Å². The molecular weight excluding hydrogens is 434 g/mol. The predicted octanol–water partition coefficient (Wildman–Crippen LogP) is 4.85. The minimum absolute atomic E-state index is 0.00293. The molecule has 6 heteroatoms. The van der Waals surface area contributed by atoms with Crippen molar-refractivity contribution >= 4 is 17.5 Å². The highest BCUT2D eigenvalue weighted by Crippen LogP contribution is 2.57. The van der Waals surface area contributed by atoms with E-state index in [1.807, 2.05) is 18.0 Å². The highest BCUT2D eigenvalue weighted by Gasteiger charge is 2.65. The van der Waals surface area contributed by atoms with Crippen molar-refractivity contribution in [2.24, 2.45) is 10.8 Å². The molecule has 0 saturated heterocycles. The van der Waals surface area contributed by atoms with Crippen LogP contribution >= 0.6 is 11.6 Å². The van der Waals surface area contributed by atoms with Gasteiger partial charge < -0.3 is 15.0 Å². The van der Waals surface area contributed by atoms with E-state index in [2.05, 4.69) is 51.2 Å². The Morgan fingerprint density at radius 3 is 2.39 bits per heavy atom. The van der Waals surface area contributed by atoms with E-state index in [1.54, 1.807) is 18.2 Å². The van der Waals surface area contributed by atoms with Crippen molar-refractivity contribution < 1.29 is 9.53 Å². The second-order valence-electron chi connectivity index (χ2n) is 10.4. The number of hydrogen-bond acceptors (Lipinski definition) is 4. The average Bonchev–Trinajstić information content (AvgIpc) is 3.01. The maximum absolute atomic E-state index is 13.5. The molecule has 1 aliphatic heterocycles. The molecule has 0 bridgehead atoms. The number of carbonyl (C=O) groups excluding carboxylic acids is 1. The van der Waals surface area contributed by atoms with Gasteiger partial charge in [-0.15, -0.1) is 0 Å². The number of nitrogens with one attached hydrogen (secondary N) is 1. The fraction of sp³-hybridized carbons (Fsp3) is 0.481. The third-order valence-electron chi connectivity index (χ3n) is 7.38. The Hall–Kier alpha value is -2.55. The Labute approximate surface area is 201 Å². The molecule has 2 aromatic carbocycles. The van der Waals surface area contributed by atoms with Crippen molar-refractivity contribution in [3.63, 3.8) is 0 Å². The summed E-state index contributed by atoms with van der Waals surface area (Å²) in [5.41, 5.74) is 3.22. The first-order chi connectivity index (χ1) is 15.6. The number of benzene rings is 2. The lowest BCUT2D eigenvalue weighted by molar-refractivity contribution is -0.195. The second-order valence-corrected chi connectivity index (χ2v) is 10.9. The van der Waals surface area contributed by atoms with Crippen LogP contribution in [-0.2, 0) is 12.8 Å². The Balaban J connectivity index is 1.54. The van der Waals surface area contributed by atoms with Gasteiger partial charge in [0, 0.05) is 35.5 Å². The number of fused-ring (bicyclic) bond motifs is 1. The summed E-state index contributed by atoms with van der Waals surface area (Å²) in [6.07, 6.45) is 1.83. The second kappa shape index (κ2) is 8.66. The van der Waals surface area contributed by atoms with Crippen LogP contribution in [0.25, 0.3) is 0 Å². The number of hydrogen-bond donors (Lipinski definition) is 1. The normalized spacial score (nSPS) is 22.8. The summed E-state index contributed by atoms with van der Waals surface area (Å²) in [7, 11) is 1.90. The van der Waals surface area contributed by atoms with Crippen LogP contribution < -0.4 is 10.1 Å². The van der Waals surface area contributed by atoms with Gasteiger partial charge in [-0.1, -0.05) is 45.4 Å². The molecule has 33 heavy (non-hydrogen) atoms. The topological polar surface area (TPSA) is 65.4 Å². The molecule has 2 aliphatic rings. The zero-order valence-corrected chi connectivity index (χ0v) is 20.8. The maximum atomic E-state index is 13.5. The SMILES string of the molecule is CN(C(=O)c1ccc2c(c1)CCNCC2)C1C(C)(C)C(Oc2ccc(C#N)c(Cl)c2)C1(C)C. The Bertz CT molecular complexity index is 1100. The smallest absolute Gasteiger partial charge is 0.253 e. The largest absolute Gasteiger partial charge is 0.489 e. The monoisotopic (exact) mass is 465 g/mol. The molecule has 1 N–H and O–H groups in total. The van der Waals surface area contributed by atoms with Gasteiger partial charge in [0.25, 0.3) is 5.91 Å². The lowest BCUT2D eigenvalue weighted by Crippen LogP contribution is -2.74. The summed E-state index contributed by atoms with van der Waals surface area (Å²) in [6.45, 7) is 10.5. The van der Waals surface area contributed by atoms with Crippen molar-refractivity contribution in [3.05, 3.63) is 63.7 Å². The van der Waals surface area contributed by atoms with Crippen LogP contribution in [0.2, 0.25) is 5.02 Å². The quantitative estimate of drug-likeness (QED) is 0.700. The van der Waals surface area contributed by atoms with Crippen molar-refractivity contribution in [1.29, 1.82) is 5.26 Å². The molecule has 0 spiro atoms. The fourth-order valence-electron chi connectivity index (χ4n) is 6.33. The number of nitriles is 1. The van der Waals surface area contributed by atoms with Crippen LogP contribution in [0, 0.1) is 22.2 Å². The van der Waals surface area contributed by atoms with E-state index in [1.165, 1.54) is 11.1 Å². The highest BCUT2D eigenvalue weighted by atomic mass is 35.5. The first-order valence-corrected chi connectivity index (χ1v) is 11.9. The molecular formula is C27H32ClN3O2. The molecule has 2 aromatic rings. The Morgan fingerprint density at radius 2 is 1.76 bits per heavy atom. The zero-order valence-electron chi connectivity index (χ0n) is 20.0. The summed E-state index contributed by atoms with van der Waals surface area (Å²) < 4.78 is 6.38. The molecule has 174 valence electrons. The van der Waals surface area contributed by atoms with Crippen LogP contribution in [0.4, 0.5) is 0 Å². The third-order valence-corrected chi connectivity index (χ3v) is 7.69. The number of nitrogens with zero attached hydrogens (tertiary/aromatic N) is 2. The molecule has 1 fully saturated rings. The van der Waals surface area contributed by atoms with Crippen molar-refractivity contribution in [2.75, 3.05) is 20.1 Å². The first-order valence-electron chi connectivity index (χ1n) is 11.5. The average molecular weight is 466 g/mol. The molecule has 0 atom stereocenters. The van der Waals surface area contributed by atoms with Gasteiger partial charge in [0.1, 0.15) is 17.9 Å². The van der Waals surface area contributed by atoms with Gasteiger partial charge in [-0.3, -0.25) is 4.79 Å². The van der Waals surface area contributed by atoms with Crippen LogP contribution in [-0.4, -0.2) is 43.1 Å². The Morgan fingerprint density at radius 1 is 1.09 bits per heavy atom. The molecule has 0 unspecified atom stereocenters. The van der Waals surface area contributed by atoms with E-state index in [4.69, 9.17) is 21.6 Å². The van der Waals surface area contributed by atoms with Gasteiger partial charge in [-0.2, -0.15) is 5.26 Å². The molecule has 5 nitrogen and oxygen atoms in total. The van der Waals surface area contributed by atoms with Crippen molar-refractivity contribution in [1.82, 2.24) is 10.2 Å². The minimum Gasteiger partial charge on any atom is -0.489 e. The van der Waals surface area contributed by atoms with E-state index in [-0.39, 0.29) is 28.9 Å². The number of carbonyl (C=O) groups is 1. The fourth-order valence-corrected chi connectivity index (χ4v) is 6.55. The van der Waals surface area contributed by atoms with Gasteiger partial charge in [0.15, 0.2) is 0 Å². The summed E-state index contributed by atoms with van der Waals surface area (Å²) >= 11 is 6.21. The van der Waals surface area contributed by atoms with Crippen LogP contribution in [0.3, 0.4) is 0 Å². The highest BCUT2D eigenvalue weighted by molar-refractivity contribution is 6.31. The van der Waals surface area contributed by atoms with Gasteiger partial charge in [0.05, 0.1) is 10.6 Å². The zero-order chi connectivity index (χ0) is 24.0. The number of rotatable bonds is 4. The third kappa shape index (κ3) is 4.11. The standard InChI is InChI=1S/C27H32ClN3O2/c1-26(2)24(27(3,4)25(26)33-21-9-8-20(16-29)22(28)15-21)31(5)23(32)19-7-6-17-10-12-30-13-11-18(17)14-19/h6-9,14-15,24-25,30H,10-13H2,1-5H3. The summed E-state index contributed by atoms with van der Waals surface area (Å²) in [5, 5.41) is 12.9. The molecule has 4 rings (SSSR count). The van der Waals surface area contributed by atoms with E-state index in [0.717, 1.165) is 31.5 Å². The molecule has 1 amide bonds. The molecule has 1 aliphatic carbocycles. The first kappa shape index (κ1) is 23.6. The Kier molecular flexibility index (Phi) is 6.20. The number of amides is 1. The van der Waals surface area contributed by atoms with Gasteiger partial charge in [-0.05, 0) is 61.3 Å². The minimum atomic E-state index is -0.274. The van der Waals surface area contributed by atoms with Crippen LogP contribution in [0.15, 0.2) is 36.4 Å². The summed E-state index contributed by atoms with van der Waals surface area (Å²) in [5.74, 6) is 0.679. The number of ether oxygens (including phenoxy) is 1.